The zero-order chi connectivity index (χ0) is 26.2. The van der Waals surface area contributed by atoms with E-state index < -0.39 is 0 Å². The number of aromatic nitrogens is 2. The van der Waals surface area contributed by atoms with Gasteiger partial charge in [-0.05, 0) is 43.5 Å². The normalized spacial score (nSPS) is 10.8. The number of benzene rings is 3. The van der Waals surface area contributed by atoms with Gasteiger partial charge in [0.25, 0.3) is 0 Å². The first-order valence-electron chi connectivity index (χ1n) is 12.8. The molecule has 0 aliphatic heterocycles. The van der Waals surface area contributed by atoms with Gasteiger partial charge >= 0.3 is 0 Å². The number of anilines is 1. The van der Waals surface area contributed by atoms with Crippen LogP contribution in [0.5, 0.6) is 0 Å². The van der Waals surface area contributed by atoms with Crippen LogP contribution in [0.2, 0.25) is 0 Å². The van der Waals surface area contributed by atoms with E-state index in [1.807, 2.05) is 98.8 Å². The average Bonchev–Trinajstić information content (AvgIpc) is 3.23. The molecule has 2 amide bonds. The number of nitrogens with zero attached hydrogens (tertiary/aromatic N) is 3. The zero-order valence-corrected chi connectivity index (χ0v) is 21.8. The zero-order valence-electron chi connectivity index (χ0n) is 21.8. The van der Waals surface area contributed by atoms with E-state index in [0.29, 0.717) is 12.4 Å². The molecule has 190 valence electrons. The van der Waals surface area contributed by atoms with Crippen molar-refractivity contribution in [1.29, 1.82) is 0 Å². The predicted octanol–water partition coefficient (Wildman–Crippen LogP) is 5.97. The van der Waals surface area contributed by atoms with Crippen molar-refractivity contribution >= 4 is 17.6 Å². The van der Waals surface area contributed by atoms with Gasteiger partial charge in [0.15, 0.2) is 0 Å². The number of amides is 2. The fraction of sp³-hybridized carbons (Fsp3) is 0.258. The van der Waals surface area contributed by atoms with Crippen LogP contribution in [0.3, 0.4) is 0 Å². The second kappa shape index (κ2) is 12.2. The number of aryl methyl sites for hydroxylation is 2. The number of carbonyl (C=O) groups is 2. The Labute approximate surface area is 218 Å². The first-order chi connectivity index (χ1) is 18.0. The minimum Gasteiger partial charge on any atom is -0.333 e. The standard InChI is InChI=1S/C31H34N4O2/c1-4-5-20-34(29(37)21-25-12-8-6-9-13-25)22-28(36)32-31-30(26-14-10-7-11-15-26)24(3)33-35(31)27-18-16-23(2)17-19-27/h6-19H,4-5,20-22H2,1-3H3,(H,32,36). The number of nitrogens with one attached hydrogen (secondary N) is 1. The van der Waals surface area contributed by atoms with Crippen molar-refractivity contribution in [3.8, 4) is 16.8 Å². The highest BCUT2D eigenvalue weighted by atomic mass is 16.2. The van der Waals surface area contributed by atoms with Crippen molar-refractivity contribution in [3.05, 3.63) is 102 Å². The Hall–Kier alpha value is -4.19. The van der Waals surface area contributed by atoms with E-state index in [2.05, 4.69) is 12.2 Å². The molecule has 37 heavy (non-hydrogen) atoms. The van der Waals surface area contributed by atoms with Gasteiger partial charge in [-0.1, -0.05) is 91.7 Å². The second-order valence-corrected chi connectivity index (χ2v) is 9.30. The maximum atomic E-state index is 13.4. The quantitative estimate of drug-likeness (QED) is 0.296. The van der Waals surface area contributed by atoms with Crippen LogP contribution in [-0.2, 0) is 16.0 Å². The van der Waals surface area contributed by atoms with E-state index in [-0.39, 0.29) is 24.8 Å². The highest BCUT2D eigenvalue weighted by Crippen LogP contribution is 2.33. The maximum absolute atomic E-state index is 13.4. The van der Waals surface area contributed by atoms with Gasteiger partial charge in [0.1, 0.15) is 5.82 Å². The van der Waals surface area contributed by atoms with Crippen LogP contribution in [0.25, 0.3) is 16.8 Å². The lowest BCUT2D eigenvalue weighted by molar-refractivity contribution is -0.134. The fourth-order valence-electron chi connectivity index (χ4n) is 4.33. The molecule has 4 aromatic rings. The van der Waals surface area contributed by atoms with Gasteiger partial charge in [0.2, 0.25) is 11.8 Å². The smallest absolute Gasteiger partial charge is 0.245 e. The van der Waals surface area contributed by atoms with Crippen molar-refractivity contribution < 1.29 is 9.59 Å². The Balaban J connectivity index is 1.63. The molecule has 0 fully saturated rings. The molecule has 0 bridgehead atoms. The molecule has 6 nitrogen and oxygen atoms in total. The molecule has 1 N–H and O–H groups in total. The summed E-state index contributed by atoms with van der Waals surface area (Å²) in [6.45, 7) is 6.58. The van der Waals surface area contributed by atoms with Crippen molar-refractivity contribution in [2.45, 2.75) is 40.0 Å². The monoisotopic (exact) mass is 494 g/mol. The minimum atomic E-state index is -0.247. The summed E-state index contributed by atoms with van der Waals surface area (Å²) in [6, 6.07) is 27.6. The molecule has 1 heterocycles. The van der Waals surface area contributed by atoms with Gasteiger partial charge in [-0.2, -0.15) is 5.10 Å². The molecule has 0 radical (unpaired) electrons. The van der Waals surface area contributed by atoms with Crippen LogP contribution in [0.1, 0.15) is 36.6 Å². The molecule has 0 unspecified atom stereocenters. The van der Waals surface area contributed by atoms with Crippen LogP contribution in [0.4, 0.5) is 5.82 Å². The van der Waals surface area contributed by atoms with Crippen LogP contribution in [-0.4, -0.2) is 39.6 Å². The summed E-state index contributed by atoms with van der Waals surface area (Å²) in [7, 11) is 0. The number of rotatable bonds is 10. The molecule has 0 aliphatic rings. The average molecular weight is 495 g/mol. The van der Waals surface area contributed by atoms with Crippen molar-refractivity contribution in [1.82, 2.24) is 14.7 Å². The Kier molecular flexibility index (Phi) is 8.52. The number of hydrogen-bond donors (Lipinski definition) is 1. The molecule has 4 rings (SSSR count). The molecule has 0 saturated carbocycles. The van der Waals surface area contributed by atoms with Gasteiger partial charge in [-0.15, -0.1) is 0 Å². The maximum Gasteiger partial charge on any atom is 0.245 e. The third-order valence-electron chi connectivity index (χ3n) is 6.33. The fourth-order valence-corrected chi connectivity index (χ4v) is 4.33. The van der Waals surface area contributed by atoms with Crippen molar-refractivity contribution in [2.75, 3.05) is 18.4 Å². The van der Waals surface area contributed by atoms with Crippen LogP contribution >= 0.6 is 0 Å². The van der Waals surface area contributed by atoms with E-state index in [1.54, 1.807) is 9.58 Å². The number of carbonyl (C=O) groups excluding carboxylic acids is 2. The Morgan fingerprint density at radius 3 is 2.19 bits per heavy atom. The summed E-state index contributed by atoms with van der Waals surface area (Å²) in [5.74, 6) is 0.299. The lowest BCUT2D eigenvalue weighted by Gasteiger charge is -2.22. The Morgan fingerprint density at radius 2 is 1.54 bits per heavy atom. The number of hydrogen-bond acceptors (Lipinski definition) is 3. The Bertz CT molecular complexity index is 1330. The highest BCUT2D eigenvalue weighted by molar-refractivity contribution is 5.98. The summed E-state index contributed by atoms with van der Waals surface area (Å²) in [5, 5.41) is 7.89. The van der Waals surface area contributed by atoms with Gasteiger partial charge in [-0.25, -0.2) is 4.68 Å². The largest absolute Gasteiger partial charge is 0.333 e. The third kappa shape index (κ3) is 6.53. The van der Waals surface area contributed by atoms with E-state index in [4.69, 9.17) is 5.10 Å². The SMILES string of the molecule is CCCCN(CC(=O)Nc1c(-c2ccccc2)c(C)nn1-c1ccc(C)cc1)C(=O)Cc1ccccc1. The lowest BCUT2D eigenvalue weighted by atomic mass is 10.1. The van der Waals surface area contributed by atoms with Gasteiger partial charge in [0.05, 0.1) is 24.3 Å². The third-order valence-corrected chi connectivity index (χ3v) is 6.33. The van der Waals surface area contributed by atoms with Crippen LogP contribution < -0.4 is 5.32 Å². The topological polar surface area (TPSA) is 67.2 Å². The van der Waals surface area contributed by atoms with Crippen molar-refractivity contribution in [3.63, 3.8) is 0 Å². The summed E-state index contributed by atoms with van der Waals surface area (Å²) in [4.78, 5) is 28.2. The first-order valence-corrected chi connectivity index (χ1v) is 12.8. The van der Waals surface area contributed by atoms with E-state index >= 15 is 0 Å². The first kappa shape index (κ1) is 25.9. The van der Waals surface area contributed by atoms with Crippen LogP contribution in [0, 0.1) is 13.8 Å². The van der Waals surface area contributed by atoms with Gasteiger partial charge in [0, 0.05) is 12.1 Å². The van der Waals surface area contributed by atoms with E-state index in [9.17, 15) is 9.59 Å². The van der Waals surface area contributed by atoms with E-state index in [1.165, 1.54) is 0 Å². The van der Waals surface area contributed by atoms with E-state index in [0.717, 1.165) is 46.5 Å². The predicted molar refractivity (Wildman–Crippen MR) is 149 cm³/mol. The molecule has 0 spiro atoms. The highest BCUT2D eigenvalue weighted by Gasteiger charge is 2.23. The molecule has 3 aromatic carbocycles. The van der Waals surface area contributed by atoms with Crippen molar-refractivity contribution in [2.24, 2.45) is 0 Å². The molecule has 0 atom stereocenters. The van der Waals surface area contributed by atoms with Gasteiger partial charge < -0.3 is 10.2 Å². The minimum absolute atomic E-state index is 0.0159. The lowest BCUT2D eigenvalue weighted by Crippen LogP contribution is -2.39. The molecule has 0 aliphatic carbocycles. The second-order valence-electron chi connectivity index (χ2n) is 9.30. The molecule has 0 saturated heterocycles. The summed E-state index contributed by atoms with van der Waals surface area (Å²) in [5.41, 5.74) is 5.58. The molecule has 1 aromatic heterocycles. The van der Waals surface area contributed by atoms with Gasteiger partial charge in [-0.3, -0.25) is 9.59 Å². The molecular weight excluding hydrogens is 460 g/mol. The summed E-state index contributed by atoms with van der Waals surface area (Å²) in [6.07, 6.45) is 2.05. The number of unbranched alkanes of at least 4 members (excludes halogenated alkanes) is 1. The summed E-state index contributed by atoms with van der Waals surface area (Å²) < 4.78 is 1.77. The van der Waals surface area contributed by atoms with Crippen LogP contribution in [0.15, 0.2) is 84.9 Å². The summed E-state index contributed by atoms with van der Waals surface area (Å²) >= 11 is 0. The molecule has 6 heteroatoms. The Morgan fingerprint density at radius 1 is 0.892 bits per heavy atom. The molecular formula is C31H34N4O2.